The SMILES string of the molecule is COCc1noc(C2CC(F)CN2)n1. The third-order valence-corrected chi connectivity index (χ3v) is 2.13. The van der Waals surface area contributed by atoms with Crippen LogP contribution >= 0.6 is 0 Å². The van der Waals surface area contributed by atoms with Gasteiger partial charge in [0.2, 0.25) is 5.89 Å². The fourth-order valence-electron chi connectivity index (χ4n) is 1.48. The zero-order chi connectivity index (χ0) is 9.97. The summed E-state index contributed by atoms with van der Waals surface area (Å²) in [4.78, 5) is 4.08. The molecule has 5 nitrogen and oxygen atoms in total. The van der Waals surface area contributed by atoms with E-state index in [2.05, 4.69) is 15.5 Å². The van der Waals surface area contributed by atoms with Crippen LogP contribution in [0.4, 0.5) is 4.39 Å². The molecule has 0 bridgehead atoms. The largest absolute Gasteiger partial charge is 0.377 e. The molecular formula is C8H12FN3O2. The lowest BCUT2D eigenvalue weighted by Crippen LogP contribution is -2.14. The van der Waals surface area contributed by atoms with Crippen LogP contribution in [0.5, 0.6) is 0 Å². The predicted molar refractivity (Wildman–Crippen MR) is 45.3 cm³/mol. The first-order valence-corrected chi connectivity index (χ1v) is 4.48. The minimum absolute atomic E-state index is 0.150. The van der Waals surface area contributed by atoms with Crippen LogP contribution in [0.3, 0.4) is 0 Å². The number of hydrogen-bond donors (Lipinski definition) is 1. The summed E-state index contributed by atoms with van der Waals surface area (Å²) >= 11 is 0. The molecule has 1 aromatic heterocycles. The standard InChI is InChI=1S/C8H12FN3O2/c1-13-4-7-11-8(14-12-7)6-2-5(9)3-10-6/h5-6,10H,2-4H2,1H3. The summed E-state index contributed by atoms with van der Waals surface area (Å²) in [5, 5.41) is 6.67. The molecule has 1 aromatic rings. The lowest BCUT2D eigenvalue weighted by molar-refractivity contribution is 0.174. The zero-order valence-electron chi connectivity index (χ0n) is 7.86. The van der Waals surface area contributed by atoms with Crippen LogP contribution in [0.15, 0.2) is 4.52 Å². The van der Waals surface area contributed by atoms with E-state index in [0.29, 0.717) is 31.3 Å². The molecule has 1 N–H and O–H groups in total. The van der Waals surface area contributed by atoms with Gasteiger partial charge in [-0.2, -0.15) is 4.98 Å². The highest BCUT2D eigenvalue weighted by Crippen LogP contribution is 2.23. The number of hydrogen-bond acceptors (Lipinski definition) is 5. The maximum atomic E-state index is 12.8. The van der Waals surface area contributed by atoms with E-state index in [1.165, 1.54) is 0 Å². The van der Waals surface area contributed by atoms with Crippen molar-refractivity contribution < 1.29 is 13.7 Å². The molecule has 0 amide bonds. The van der Waals surface area contributed by atoms with Crippen LogP contribution in [0.2, 0.25) is 0 Å². The van der Waals surface area contributed by atoms with Crippen LogP contribution in [-0.2, 0) is 11.3 Å². The van der Waals surface area contributed by atoms with Crippen molar-refractivity contribution in [2.75, 3.05) is 13.7 Å². The molecule has 2 rings (SSSR count). The van der Waals surface area contributed by atoms with Crippen molar-refractivity contribution in [3.8, 4) is 0 Å². The molecule has 1 aliphatic heterocycles. The van der Waals surface area contributed by atoms with Crippen LogP contribution in [0, 0.1) is 0 Å². The van der Waals surface area contributed by atoms with Gasteiger partial charge < -0.3 is 14.6 Å². The van der Waals surface area contributed by atoms with Gasteiger partial charge in [-0.1, -0.05) is 5.16 Å². The molecule has 1 saturated heterocycles. The topological polar surface area (TPSA) is 60.2 Å². The van der Waals surface area contributed by atoms with E-state index in [4.69, 9.17) is 9.26 Å². The van der Waals surface area contributed by atoms with Gasteiger partial charge in [0, 0.05) is 20.1 Å². The van der Waals surface area contributed by atoms with Gasteiger partial charge in [-0.05, 0) is 0 Å². The quantitative estimate of drug-likeness (QED) is 0.775. The molecule has 2 heterocycles. The summed E-state index contributed by atoms with van der Waals surface area (Å²) in [6, 6.07) is -0.150. The molecule has 6 heteroatoms. The number of ether oxygens (including phenoxy) is 1. The number of nitrogens with zero attached hydrogens (tertiary/aromatic N) is 2. The van der Waals surface area contributed by atoms with E-state index in [1.54, 1.807) is 7.11 Å². The highest BCUT2D eigenvalue weighted by Gasteiger charge is 2.29. The first-order valence-electron chi connectivity index (χ1n) is 4.48. The van der Waals surface area contributed by atoms with Crippen LogP contribution in [-0.4, -0.2) is 30.0 Å². The summed E-state index contributed by atoms with van der Waals surface area (Å²) in [7, 11) is 1.56. The monoisotopic (exact) mass is 201 g/mol. The Morgan fingerprint density at radius 3 is 3.21 bits per heavy atom. The van der Waals surface area contributed by atoms with Gasteiger partial charge in [-0.25, -0.2) is 4.39 Å². The third-order valence-electron chi connectivity index (χ3n) is 2.13. The van der Waals surface area contributed by atoms with Gasteiger partial charge in [-0.15, -0.1) is 0 Å². The number of nitrogens with one attached hydrogen (secondary N) is 1. The van der Waals surface area contributed by atoms with E-state index >= 15 is 0 Å². The van der Waals surface area contributed by atoms with E-state index in [0.717, 1.165) is 0 Å². The molecule has 1 aliphatic rings. The molecule has 0 aromatic carbocycles. The minimum Gasteiger partial charge on any atom is -0.377 e. The van der Waals surface area contributed by atoms with Crippen molar-refractivity contribution >= 4 is 0 Å². The van der Waals surface area contributed by atoms with Crippen LogP contribution in [0.25, 0.3) is 0 Å². The molecule has 0 saturated carbocycles. The van der Waals surface area contributed by atoms with E-state index in [1.807, 2.05) is 0 Å². The van der Waals surface area contributed by atoms with Gasteiger partial charge >= 0.3 is 0 Å². The van der Waals surface area contributed by atoms with E-state index < -0.39 is 6.17 Å². The maximum absolute atomic E-state index is 12.8. The number of aromatic nitrogens is 2. The Kier molecular flexibility index (Phi) is 2.74. The Morgan fingerprint density at radius 1 is 1.71 bits per heavy atom. The molecule has 2 unspecified atom stereocenters. The summed E-state index contributed by atoms with van der Waals surface area (Å²) in [6.07, 6.45) is -0.424. The first-order chi connectivity index (χ1) is 6.79. The lowest BCUT2D eigenvalue weighted by Gasteiger charge is -2.00. The van der Waals surface area contributed by atoms with Crippen LogP contribution < -0.4 is 5.32 Å². The Hall–Kier alpha value is -1.01. The highest BCUT2D eigenvalue weighted by molar-refractivity contribution is 4.96. The van der Waals surface area contributed by atoms with Gasteiger partial charge in [0.15, 0.2) is 5.82 Å². The molecule has 0 aliphatic carbocycles. The second kappa shape index (κ2) is 4.02. The Morgan fingerprint density at radius 2 is 2.57 bits per heavy atom. The predicted octanol–water partition coefficient (Wildman–Crippen LogP) is 0.589. The second-order valence-electron chi connectivity index (χ2n) is 3.28. The third kappa shape index (κ3) is 1.91. The number of rotatable bonds is 3. The summed E-state index contributed by atoms with van der Waals surface area (Å²) < 4.78 is 22.7. The van der Waals surface area contributed by atoms with Crippen molar-refractivity contribution in [2.24, 2.45) is 0 Å². The molecule has 14 heavy (non-hydrogen) atoms. The van der Waals surface area contributed by atoms with E-state index in [9.17, 15) is 4.39 Å². The van der Waals surface area contributed by atoms with Gasteiger partial charge in [0.1, 0.15) is 12.8 Å². The van der Waals surface area contributed by atoms with E-state index in [-0.39, 0.29) is 6.04 Å². The minimum atomic E-state index is -0.822. The van der Waals surface area contributed by atoms with Gasteiger partial charge in [-0.3, -0.25) is 0 Å². The number of methoxy groups -OCH3 is 1. The first kappa shape index (κ1) is 9.54. The van der Waals surface area contributed by atoms with Gasteiger partial charge in [0.05, 0.1) is 6.04 Å². The van der Waals surface area contributed by atoms with Crippen LogP contribution in [0.1, 0.15) is 24.2 Å². The Labute approximate surface area is 80.6 Å². The van der Waals surface area contributed by atoms with Crippen molar-refractivity contribution in [2.45, 2.75) is 25.2 Å². The second-order valence-corrected chi connectivity index (χ2v) is 3.28. The summed E-state index contributed by atoms with van der Waals surface area (Å²) in [5.74, 6) is 0.934. The molecule has 2 atom stereocenters. The fourth-order valence-corrected chi connectivity index (χ4v) is 1.48. The lowest BCUT2D eigenvalue weighted by atomic mass is 10.2. The molecule has 0 radical (unpaired) electrons. The fraction of sp³-hybridized carbons (Fsp3) is 0.750. The van der Waals surface area contributed by atoms with Gasteiger partial charge in [0.25, 0.3) is 0 Å². The normalized spacial score (nSPS) is 27.0. The molecular weight excluding hydrogens is 189 g/mol. The summed E-state index contributed by atoms with van der Waals surface area (Å²) in [6.45, 7) is 0.669. The Bertz CT molecular complexity index is 305. The van der Waals surface area contributed by atoms with Crippen molar-refractivity contribution in [1.29, 1.82) is 0 Å². The molecule has 78 valence electrons. The maximum Gasteiger partial charge on any atom is 0.243 e. The average molecular weight is 201 g/mol. The molecule has 0 spiro atoms. The number of alkyl halides is 1. The summed E-state index contributed by atoms with van der Waals surface area (Å²) in [5.41, 5.74) is 0. The van der Waals surface area contributed by atoms with Crippen molar-refractivity contribution in [3.05, 3.63) is 11.7 Å². The molecule has 1 fully saturated rings. The smallest absolute Gasteiger partial charge is 0.243 e. The zero-order valence-corrected chi connectivity index (χ0v) is 7.86. The highest BCUT2D eigenvalue weighted by atomic mass is 19.1. The Balaban J connectivity index is 2.02. The average Bonchev–Trinajstić information content (AvgIpc) is 2.74. The van der Waals surface area contributed by atoms with Crippen molar-refractivity contribution in [1.82, 2.24) is 15.5 Å². The number of halogens is 1. The van der Waals surface area contributed by atoms with Crippen molar-refractivity contribution in [3.63, 3.8) is 0 Å².